The van der Waals surface area contributed by atoms with Crippen molar-refractivity contribution in [2.75, 3.05) is 35.9 Å². The average molecular weight is 309 g/mol. The number of morpholine rings is 1. The van der Waals surface area contributed by atoms with E-state index in [1.54, 1.807) is 12.1 Å². The Morgan fingerprint density at radius 2 is 2.05 bits per heavy atom. The standard InChI is InChI=1S/C12H15N5O3S/c18-21(19,12-8-13-9-15-12)16-10-1-2-11(14-7-10)17-3-5-20-6-4-17/h1-2,7-9,16H,3-6H2,(H,13,15). The third-order valence-corrected chi connectivity index (χ3v) is 4.40. The third kappa shape index (κ3) is 3.14. The van der Waals surface area contributed by atoms with Crippen molar-refractivity contribution in [3.63, 3.8) is 0 Å². The van der Waals surface area contributed by atoms with Gasteiger partial charge in [-0.15, -0.1) is 0 Å². The number of pyridine rings is 1. The zero-order valence-corrected chi connectivity index (χ0v) is 12.0. The molecule has 0 saturated carbocycles. The lowest BCUT2D eigenvalue weighted by atomic mass is 10.3. The predicted octanol–water partition coefficient (Wildman–Crippen LogP) is 0.442. The summed E-state index contributed by atoms with van der Waals surface area (Å²) < 4.78 is 31.8. The van der Waals surface area contributed by atoms with Crippen LogP contribution in [-0.2, 0) is 14.8 Å². The Bertz CT molecular complexity index is 678. The van der Waals surface area contributed by atoms with E-state index < -0.39 is 10.0 Å². The second-order valence-electron chi connectivity index (χ2n) is 4.53. The Balaban J connectivity index is 1.72. The maximum absolute atomic E-state index is 12.0. The average Bonchev–Trinajstić information content (AvgIpc) is 3.04. The molecule has 0 amide bonds. The molecule has 1 saturated heterocycles. The summed E-state index contributed by atoms with van der Waals surface area (Å²) in [6, 6.07) is 3.47. The molecule has 3 rings (SSSR count). The lowest BCUT2D eigenvalue weighted by Crippen LogP contribution is -2.36. The minimum Gasteiger partial charge on any atom is -0.378 e. The molecular formula is C12H15N5O3S. The maximum Gasteiger partial charge on any atom is 0.279 e. The second-order valence-corrected chi connectivity index (χ2v) is 6.18. The van der Waals surface area contributed by atoms with Gasteiger partial charge in [-0.05, 0) is 12.1 Å². The van der Waals surface area contributed by atoms with Crippen molar-refractivity contribution in [2.24, 2.45) is 0 Å². The van der Waals surface area contributed by atoms with Crippen LogP contribution in [0.3, 0.4) is 0 Å². The number of nitrogens with zero attached hydrogens (tertiary/aromatic N) is 3. The quantitative estimate of drug-likeness (QED) is 0.850. The van der Waals surface area contributed by atoms with Gasteiger partial charge in [0.05, 0.1) is 37.6 Å². The van der Waals surface area contributed by atoms with Gasteiger partial charge in [0.15, 0.2) is 5.03 Å². The van der Waals surface area contributed by atoms with Crippen molar-refractivity contribution in [3.8, 4) is 0 Å². The number of anilines is 2. The lowest BCUT2D eigenvalue weighted by molar-refractivity contribution is 0.122. The molecule has 0 radical (unpaired) electrons. The van der Waals surface area contributed by atoms with Crippen molar-refractivity contribution in [2.45, 2.75) is 5.03 Å². The molecule has 0 atom stereocenters. The highest BCUT2D eigenvalue weighted by Crippen LogP contribution is 2.17. The summed E-state index contributed by atoms with van der Waals surface area (Å²) in [6.45, 7) is 2.92. The molecule has 0 spiro atoms. The number of H-pyrrole nitrogens is 1. The summed E-state index contributed by atoms with van der Waals surface area (Å²) in [5.41, 5.74) is 0.404. The molecule has 2 aromatic rings. The highest BCUT2D eigenvalue weighted by atomic mass is 32.2. The maximum atomic E-state index is 12.0. The minimum absolute atomic E-state index is 0.0137. The summed E-state index contributed by atoms with van der Waals surface area (Å²) >= 11 is 0. The van der Waals surface area contributed by atoms with Crippen LogP contribution in [0.25, 0.3) is 0 Å². The summed E-state index contributed by atoms with van der Waals surface area (Å²) in [7, 11) is -3.65. The fraction of sp³-hybridized carbons (Fsp3) is 0.333. The van der Waals surface area contributed by atoms with E-state index >= 15 is 0 Å². The van der Waals surface area contributed by atoms with Gasteiger partial charge in [0, 0.05) is 13.1 Å². The Morgan fingerprint density at radius 1 is 1.24 bits per heavy atom. The van der Waals surface area contributed by atoms with E-state index in [-0.39, 0.29) is 5.03 Å². The Morgan fingerprint density at radius 3 is 2.67 bits per heavy atom. The number of ether oxygens (including phenoxy) is 1. The fourth-order valence-electron chi connectivity index (χ4n) is 2.03. The number of sulfonamides is 1. The van der Waals surface area contributed by atoms with Crippen molar-refractivity contribution < 1.29 is 13.2 Å². The van der Waals surface area contributed by atoms with E-state index in [0.717, 1.165) is 18.9 Å². The molecular weight excluding hydrogens is 294 g/mol. The summed E-state index contributed by atoms with van der Waals surface area (Å²) in [5, 5.41) is 0.0137. The molecule has 8 nitrogen and oxygen atoms in total. The zero-order chi connectivity index (χ0) is 14.7. The van der Waals surface area contributed by atoms with Gasteiger partial charge in [-0.2, -0.15) is 8.42 Å². The van der Waals surface area contributed by atoms with Crippen LogP contribution in [0, 0.1) is 0 Å². The molecule has 112 valence electrons. The molecule has 2 aromatic heterocycles. The first-order valence-corrected chi connectivity index (χ1v) is 7.93. The zero-order valence-electron chi connectivity index (χ0n) is 11.2. The SMILES string of the molecule is O=S(=O)(Nc1ccc(N2CCOCC2)nc1)c1cnc[nH]1. The second kappa shape index (κ2) is 5.70. The number of hydrogen-bond acceptors (Lipinski definition) is 6. The molecule has 0 aromatic carbocycles. The molecule has 1 aliphatic heterocycles. The monoisotopic (exact) mass is 309 g/mol. The minimum atomic E-state index is -3.65. The van der Waals surface area contributed by atoms with E-state index in [0.29, 0.717) is 18.9 Å². The van der Waals surface area contributed by atoms with Crippen LogP contribution in [0.15, 0.2) is 35.9 Å². The molecule has 1 fully saturated rings. The Kier molecular flexibility index (Phi) is 3.76. The van der Waals surface area contributed by atoms with Crippen molar-refractivity contribution in [3.05, 3.63) is 30.9 Å². The van der Waals surface area contributed by atoms with Gasteiger partial charge < -0.3 is 14.6 Å². The number of rotatable bonds is 4. The lowest BCUT2D eigenvalue weighted by Gasteiger charge is -2.27. The van der Waals surface area contributed by atoms with Crippen LogP contribution in [0.4, 0.5) is 11.5 Å². The first-order valence-electron chi connectivity index (χ1n) is 6.45. The molecule has 9 heteroatoms. The molecule has 0 aliphatic carbocycles. The van der Waals surface area contributed by atoms with Gasteiger partial charge in [-0.25, -0.2) is 9.97 Å². The summed E-state index contributed by atoms with van der Waals surface area (Å²) in [6.07, 6.45) is 4.06. The predicted molar refractivity (Wildman–Crippen MR) is 76.7 cm³/mol. The molecule has 0 bridgehead atoms. The van der Waals surface area contributed by atoms with Crippen LogP contribution in [-0.4, -0.2) is 49.7 Å². The molecule has 3 heterocycles. The van der Waals surface area contributed by atoms with E-state index in [1.807, 2.05) is 0 Å². The van der Waals surface area contributed by atoms with E-state index in [2.05, 4.69) is 24.6 Å². The van der Waals surface area contributed by atoms with Crippen LogP contribution >= 0.6 is 0 Å². The summed E-state index contributed by atoms with van der Waals surface area (Å²) in [4.78, 5) is 12.6. The number of nitrogens with one attached hydrogen (secondary N) is 2. The van der Waals surface area contributed by atoms with Gasteiger partial charge in [-0.1, -0.05) is 0 Å². The van der Waals surface area contributed by atoms with Gasteiger partial charge in [0.2, 0.25) is 0 Å². The highest BCUT2D eigenvalue weighted by Gasteiger charge is 2.16. The van der Waals surface area contributed by atoms with Gasteiger partial charge in [0.1, 0.15) is 5.82 Å². The highest BCUT2D eigenvalue weighted by molar-refractivity contribution is 7.92. The van der Waals surface area contributed by atoms with Gasteiger partial charge in [-0.3, -0.25) is 4.72 Å². The van der Waals surface area contributed by atoms with Gasteiger partial charge >= 0.3 is 0 Å². The molecule has 2 N–H and O–H groups in total. The Hall–Kier alpha value is -2.13. The van der Waals surface area contributed by atoms with Crippen LogP contribution in [0.1, 0.15) is 0 Å². The van der Waals surface area contributed by atoms with Crippen LogP contribution in [0.5, 0.6) is 0 Å². The summed E-state index contributed by atoms with van der Waals surface area (Å²) in [5.74, 6) is 0.808. The number of hydrogen-bond donors (Lipinski definition) is 2. The number of imidazole rings is 1. The molecule has 21 heavy (non-hydrogen) atoms. The van der Waals surface area contributed by atoms with E-state index in [9.17, 15) is 8.42 Å². The van der Waals surface area contributed by atoms with Crippen molar-refractivity contribution >= 4 is 21.5 Å². The molecule has 1 aliphatic rings. The fourth-order valence-corrected chi connectivity index (χ4v) is 2.97. The number of aromatic nitrogens is 3. The topological polar surface area (TPSA) is 100 Å². The van der Waals surface area contributed by atoms with E-state index in [1.165, 1.54) is 18.7 Å². The Labute approximate surface area is 122 Å². The smallest absolute Gasteiger partial charge is 0.279 e. The van der Waals surface area contributed by atoms with Gasteiger partial charge in [0.25, 0.3) is 10.0 Å². The van der Waals surface area contributed by atoms with Crippen LogP contribution in [0.2, 0.25) is 0 Å². The third-order valence-electron chi connectivity index (χ3n) is 3.10. The normalized spacial score (nSPS) is 15.9. The number of aromatic amines is 1. The van der Waals surface area contributed by atoms with Crippen molar-refractivity contribution in [1.82, 2.24) is 15.0 Å². The first kappa shape index (κ1) is 13.8. The van der Waals surface area contributed by atoms with E-state index in [4.69, 9.17) is 4.74 Å². The van der Waals surface area contributed by atoms with Crippen molar-refractivity contribution in [1.29, 1.82) is 0 Å². The van der Waals surface area contributed by atoms with Crippen LogP contribution < -0.4 is 9.62 Å². The molecule has 0 unspecified atom stereocenters. The largest absolute Gasteiger partial charge is 0.378 e. The first-order chi connectivity index (χ1) is 10.1.